The Labute approximate surface area is 133 Å². The molecule has 2 N–H and O–H groups in total. The number of carbonyl (C=O) groups is 1. The predicted octanol–water partition coefficient (Wildman–Crippen LogP) is 3.07. The SMILES string of the molecule is CC12CCC(O)C[C@@H]1CCC1C2CCC2(C)C(=O)CC[C@@]12O. The van der Waals surface area contributed by atoms with Crippen LogP contribution < -0.4 is 0 Å². The number of ketones is 1. The van der Waals surface area contributed by atoms with Crippen LogP contribution in [0.25, 0.3) is 0 Å². The fraction of sp³-hybridized carbons (Fsp3) is 0.947. The Bertz CT molecular complexity index is 503. The predicted molar refractivity (Wildman–Crippen MR) is 84.2 cm³/mol. The van der Waals surface area contributed by atoms with Gasteiger partial charge in [-0.25, -0.2) is 0 Å². The Balaban J connectivity index is 1.69. The zero-order valence-electron chi connectivity index (χ0n) is 14.0. The van der Waals surface area contributed by atoms with Gasteiger partial charge in [0.05, 0.1) is 17.1 Å². The van der Waals surface area contributed by atoms with Crippen LogP contribution >= 0.6 is 0 Å². The standard InChI is InChI=1S/C19H30O3/c1-17-8-5-13(20)11-12(17)3-4-15-14(17)6-9-18(2)16(21)7-10-19(15,18)22/h12-15,20,22H,3-11H2,1-2H3/t12-,13?,14?,15?,17?,18?,19+/m0/s1. The van der Waals surface area contributed by atoms with Crippen molar-refractivity contribution in [1.29, 1.82) is 0 Å². The summed E-state index contributed by atoms with van der Waals surface area (Å²) in [7, 11) is 0. The molecule has 4 rings (SSSR count). The smallest absolute Gasteiger partial charge is 0.141 e. The maximum atomic E-state index is 12.4. The van der Waals surface area contributed by atoms with E-state index in [1.807, 2.05) is 6.92 Å². The van der Waals surface area contributed by atoms with Crippen LogP contribution in [-0.2, 0) is 4.79 Å². The van der Waals surface area contributed by atoms with Gasteiger partial charge in [-0.2, -0.15) is 0 Å². The van der Waals surface area contributed by atoms with Crippen LogP contribution in [-0.4, -0.2) is 27.7 Å². The lowest BCUT2D eigenvalue weighted by Crippen LogP contribution is -2.62. The van der Waals surface area contributed by atoms with Crippen molar-refractivity contribution >= 4 is 5.78 Å². The van der Waals surface area contributed by atoms with Crippen molar-refractivity contribution in [3.8, 4) is 0 Å². The second-order valence-electron chi connectivity index (χ2n) is 9.14. The lowest BCUT2D eigenvalue weighted by Gasteiger charge is -2.62. The highest BCUT2D eigenvalue weighted by Gasteiger charge is 2.67. The van der Waals surface area contributed by atoms with Gasteiger partial charge in [-0.1, -0.05) is 6.92 Å². The Kier molecular flexibility index (Phi) is 3.14. The zero-order chi connectivity index (χ0) is 15.8. The van der Waals surface area contributed by atoms with Crippen LogP contribution in [0.3, 0.4) is 0 Å². The molecule has 0 aromatic carbocycles. The minimum Gasteiger partial charge on any atom is -0.393 e. The van der Waals surface area contributed by atoms with Crippen molar-refractivity contribution in [3.63, 3.8) is 0 Å². The Morgan fingerprint density at radius 2 is 1.77 bits per heavy atom. The second kappa shape index (κ2) is 4.57. The molecule has 4 aliphatic rings. The van der Waals surface area contributed by atoms with E-state index in [0.29, 0.717) is 30.5 Å². The monoisotopic (exact) mass is 306 g/mol. The van der Waals surface area contributed by atoms with E-state index in [0.717, 1.165) is 44.9 Å². The maximum absolute atomic E-state index is 12.4. The molecule has 0 amide bonds. The topological polar surface area (TPSA) is 57.5 Å². The number of fused-ring (bicyclic) bond motifs is 5. The lowest BCUT2D eigenvalue weighted by atomic mass is 9.44. The molecule has 0 saturated heterocycles. The van der Waals surface area contributed by atoms with E-state index in [1.165, 1.54) is 0 Å². The number of hydrogen-bond acceptors (Lipinski definition) is 3. The average molecular weight is 306 g/mol. The van der Waals surface area contributed by atoms with Crippen molar-refractivity contribution in [2.75, 3.05) is 0 Å². The highest BCUT2D eigenvalue weighted by Crippen LogP contribution is 2.66. The highest BCUT2D eigenvalue weighted by atomic mass is 16.3. The average Bonchev–Trinajstić information content (AvgIpc) is 2.72. The minimum absolute atomic E-state index is 0.125. The fourth-order valence-electron chi connectivity index (χ4n) is 6.97. The van der Waals surface area contributed by atoms with Crippen molar-refractivity contribution in [1.82, 2.24) is 0 Å². The summed E-state index contributed by atoms with van der Waals surface area (Å²) in [6.07, 6.45) is 8.13. The number of hydrogen-bond donors (Lipinski definition) is 2. The summed E-state index contributed by atoms with van der Waals surface area (Å²) in [6, 6.07) is 0. The van der Waals surface area contributed by atoms with Crippen molar-refractivity contribution in [2.24, 2.45) is 28.6 Å². The summed E-state index contributed by atoms with van der Waals surface area (Å²) in [5.41, 5.74) is -1.01. The Hall–Kier alpha value is -0.410. The first-order chi connectivity index (χ1) is 10.3. The second-order valence-corrected chi connectivity index (χ2v) is 9.14. The molecule has 0 aromatic rings. The molecule has 0 spiro atoms. The van der Waals surface area contributed by atoms with E-state index >= 15 is 0 Å². The molecule has 3 heteroatoms. The number of Topliss-reactive ketones (excluding diaryl/α,β-unsaturated/α-hetero) is 1. The summed E-state index contributed by atoms with van der Waals surface area (Å²) in [5, 5.41) is 21.6. The third kappa shape index (κ3) is 1.67. The van der Waals surface area contributed by atoms with Crippen molar-refractivity contribution < 1.29 is 15.0 Å². The Morgan fingerprint density at radius 3 is 2.55 bits per heavy atom. The van der Waals surface area contributed by atoms with Crippen LogP contribution in [0.2, 0.25) is 0 Å². The third-order valence-electron chi connectivity index (χ3n) is 8.54. The molecule has 4 fully saturated rings. The van der Waals surface area contributed by atoms with Gasteiger partial charge in [0.25, 0.3) is 0 Å². The number of carbonyl (C=O) groups excluding carboxylic acids is 1. The van der Waals surface area contributed by atoms with Gasteiger partial charge in [-0.3, -0.25) is 4.79 Å². The van der Waals surface area contributed by atoms with Gasteiger partial charge in [0.15, 0.2) is 0 Å². The molecule has 3 nitrogen and oxygen atoms in total. The molecule has 0 aliphatic heterocycles. The van der Waals surface area contributed by atoms with E-state index in [9.17, 15) is 15.0 Å². The first-order valence-electron chi connectivity index (χ1n) is 9.25. The van der Waals surface area contributed by atoms with E-state index in [-0.39, 0.29) is 17.4 Å². The fourth-order valence-corrected chi connectivity index (χ4v) is 6.97. The van der Waals surface area contributed by atoms with Gasteiger partial charge >= 0.3 is 0 Å². The van der Waals surface area contributed by atoms with Gasteiger partial charge in [-0.05, 0) is 81.5 Å². The maximum Gasteiger partial charge on any atom is 0.141 e. The van der Waals surface area contributed by atoms with E-state index in [2.05, 4.69) is 6.92 Å². The quantitative estimate of drug-likeness (QED) is 0.723. The number of aliphatic hydroxyl groups is 2. The minimum atomic E-state index is -0.767. The van der Waals surface area contributed by atoms with E-state index in [4.69, 9.17) is 0 Å². The zero-order valence-corrected chi connectivity index (χ0v) is 14.0. The van der Waals surface area contributed by atoms with Gasteiger partial charge in [0, 0.05) is 6.42 Å². The molecular formula is C19H30O3. The van der Waals surface area contributed by atoms with Gasteiger partial charge in [0.1, 0.15) is 5.78 Å². The molecular weight excluding hydrogens is 276 g/mol. The molecule has 4 saturated carbocycles. The summed E-state index contributed by atoms with van der Waals surface area (Å²) < 4.78 is 0. The first-order valence-corrected chi connectivity index (χ1v) is 9.25. The van der Waals surface area contributed by atoms with Gasteiger partial charge in [-0.15, -0.1) is 0 Å². The molecule has 7 atom stereocenters. The summed E-state index contributed by atoms with van der Waals surface area (Å²) in [4.78, 5) is 12.4. The third-order valence-corrected chi connectivity index (χ3v) is 8.54. The molecule has 0 heterocycles. The van der Waals surface area contributed by atoms with Crippen molar-refractivity contribution in [3.05, 3.63) is 0 Å². The van der Waals surface area contributed by atoms with Crippen LogP contribution in [0.15, 0.2) is 0 Å². The van der Waals surface area contributed by atoms with E-state index < -0.39 is 11.0 Å². The van der Waals surface area contributed by atoms with E-state index in [1.54, 1.807) is 0 Å². The molecule has 124 valence electrons. The lowest BCUT2D eigenvalue weighted by molar-refractivity contribution is -0.202. The van der Waals surface area contributed by atoms with Gasteiger partial charge < -0.3 is 10.2 Å². The van der Waals surface area contributed by atoms with Crippen LogP contribution in [0.5, 0.6) is 0 Å². The van der Waals surface area contributed by atoms with Crippen molar-refractivity contribution in [2.45, 2.75) is 83.3 Å². The molecule has 0 radical (unpaired) electrons. The highest BCUT2D eigenvalue weighted by molar-refractivity contribution is 5.88. The molecule has 5 unspecified atom stereocenters. The van der Waals surface area contributed by atoms with Crippen LogP contribution in [0, 0.1) is 28.6 Å². The molecule has 4 aliphatic carbocycles. The summed E-state index contributed by atoms with van der Waals surface area (Å²) in [5.74, 6) is 1.71. The molecule has 0 bridgehead atoms. The summed E-state index contributed by atoms with van der Waals surface area (Å²) in [6.45, 7) is 4.43. The number of rotatable bonds is 0. The number of aliphatic hydroxyl groups excluding tert-OH is 1. The Morgan fingerprint density at radius 1 is 1.00 bits per heavy atom. The molecule has 22 heavy (non-hydrogen) atoms. The molecule has 0 aromatic heterocycles. The normalized spacial score (nSPS) is 57.9. The van der Waals surface area contributed by atoms with Crippen LogP contribution in [0.1, 0.15) is 71.6 Å². The largest absolute Gasteiger partial charge is 0.393 e. The van der Waals surface area contributed by atoms with Gasteiger partial charge in [0.2, 0.25) is 0 Å². The van der Waals surface area contributed by atoms with Crippen LogP contribution in [0.4, 0.5) is 0 Å². The summed E-state index contributed by atoms with van der Waals surface area (Å²) >= 11 is 0. The first kappa shape index (κ1) is 15.1.